The molecule has 7 atom stereocenters. The smallest absolute Gasteiger partial charge is 0.189 e. The van der Waals surface area contributed by atoms with E-state index in [0.717, 1.165) is 141 Å². The van der Waals surface area contributed by atoms with Crippen LogP contribution in [-0.2, 0) is 19.3 Å². The molecular formula is C90H100O10. The summed E-state index contributed by atoms with van der Waals surface area (Å²) in [5.74, 6) is 3.25. The molecule has 520 valence electrons. The van der Waals surface area contributed by atoms with Crippen molar-refractivity contribution in [3.63, 3.8) is 0 Å². The highest BCUT2D eigenvalue weighted by molar-refractivity contribution is 6.17. The number of rotatable bonds is 0. The molecule has 100 heavy (non-hydrogen) atoms. The number of allylic oxidation sites excluding steroid dienone is 10. The molecule has 0 aliphatic heterocycles. The fourth-order valence-electron chi connectivity index (χ4n) is 12.2. The van der Waals surface area contributed by atoms with Gasteiger partial charge in [-0.1, -0.05) is 246 Å². The summed E-state index contributed by atoms with van der Waals surface area (Å²) in [6.07, 6.45) is 29.4. The minimum absolute atomic E-state index is 0.0416. The first-order chi connectivity index (χ1) is 47.9. The van der Waals surface area contributed by atoms with E-state index in [9.17, 15) is 29.4 Å². The van der Waals surface area contributed by atoms with Crippen LogP contribution in [0.1, 0.15) is 205 Å². The number of phenols is 1. The van der Waals surface area contributed by atoms with Gasteiger partial charge in [0.25, 0.3) is 0 Å². The first kappa shape index (κ1) is 77.5. The van der Waals surface area contributed by atoms with Crippen molar-refractivity contribution in [2.75, 3.05) is 0 Å². The SMILES string of the molecule is CC1=C(O)C=CCC1.CC1=C(O)CC=CC1.CC1=CCC=CC1O.CC1=Cc2ccccc2C1=O.CC1=Cc2ccccc2C1O.CC1C=Cc2ccccc2C1=O.CC1CCc2ccccc2C1=O.CC1Cc2ccccc2C1=O.CC1Cc2ccccc2C1O.Cc1ccccc1O. The molecule has 9 aliphatic carbocycles. The number of hydrogen-bond acceptors (Lipinski definition) is 10. The number of aryl methyl sites for hydroxylation is 2. The molecule has 7 unspecified atom stereocenters. The Morgan fingerprint density at radius 3 is 1.55 bits per heavy atom. The third-order valence-corrected chi connectivity index (χ3v) is 18.8. The van der Waals surface area contributed by atoms with Gasteiger partial charge in [0.15, 0.2) is 23.1 Å². The molecule has 0 radical (unpaired) electrons. The zero-order chi connectivity index (χ0) is 72.4. The van der Waals surface area contributed by atoms with E-state index >= 15 is 0 Å². The van der Waals surface area contributed by atoms with Crippen LogP contribution in [0.5, 0.6) is 5.75 Å². The number of benzene rings is 7. The van der Waals surface area contributed by atoms with Gasteiger partial charge in [-0.3, -0.25) is 19.2 Å². The summed E-state index contributed by atoms with van der Waals surface area (Å²) in [5, 5.41) is 55.1. The van der Waals surface area contributed by atoms with Gasteiger partial charge in [0.2, 0.25) is 0 Å². The maximum absolute atomic E-state index is 11.6. The fraction of sp³-hybridized carbons (Fsp3) is 0.289. The van der Waals surface area contributed by atoms with E-state index in [-0.39, 0.29) is 47.6 Å². The molecule has 0 saturated carbocycles. The van der Waals surface area contributed by atoms with E-state index in [1.807, 2.05) is 269 Å². The Bertz CT molecular complexity index is 4220. The van der Waals surface area contributed by atoms with Crippen molar-refractivity contribution < 1.29 is 49.8 Å². The van der Waals surface area contributed by atoms with Gasteiger partial charge in [0.1, 0.15) is 17.6 Å². The van der Waals surface area contributed by atoms with Crippen molar-refractivity contribution in [2.24, 2.45) is 23.7 Å². The predicted molar refractivity (Wildman–Crippen MR) is 408 cm³/mol. The average Bonchev–Trinajstić information content (AvgIpc) is 1.31. The lowest BCUT2D eigenvalue weighted by atomic mass is 9.84. The Balaban J connectivity index is 0.000000157. The van der Waals surface area contributed by atoms with Gasteiger partial charge in [-0.05, 0) is 195 Å². The van der Waals surface area contributed by atoms with Gasteiger partial charge in [-0.15, -0.1) is 0 Å². The van der Waals surface area contributed by atoms with Crippen LogP contribution >= 0.6 is 0 Å². The van der Waals surface area contributed by atoms with Gasteiger partial charge in [0, 0.05) is 46.4 Å². The second-order valence-corrected chi connectivity index (χ2v) is 26.7. The number of phenolic OH excluding ortho intramolecular Hbond substituents is 1. The van der Waals surface area contributed by atoms with Crippen LogP contribution in [0.4, 0.5) is 0 Å². The Labute approximate surface area is 592 Å². The monoisotopic (exact) mass is 1340 g/mol. The summed E-state index contributed by atoms with van der Waals surface area (Å²) in [6, 6.07) is 54.5. The van der Waals surface area contributed by atoms with E-state index < -0.39 is 0 Å². The van der Waals surface area contributed by atoms with Crippen LogP contribution in [0.3, 0.4) is 0 Å². The number of Topliss-reactive ketones (excluding diaryl/α,β-unsaturated/α-hetero) is 4. The third-order valence-electron chi connectivity index (χ3n) is 18.8. The van der Waals surface area contributed by atoms with Gasteiger partial charge < -0.3 is 30.6 Å². The predicted octanol–water partition coefficient (Wildman–Crippen LogP) is 20.7. The van der Waals surface area contributed by atoms with Crippen molar-refractivity contribution in [3.8, 4) is 5.75 Å². The second-order valence-electron chi connectivity index (χ2n) is 26.7. The first-order valence-corrected chi connectivity index (χ1v) is 34.9. The van der Waals surface area contributed by atoms with Crippen molar-refractivity contribution in [3.05, 3.63) is 330 Å². The minimum Gasteiger partial charge on any atom is -0.512 e. The Morgan fingerprint density at radius 1 is 0.440 bits per heavy atom. The zero-order valence-electron chi connectivity index (χ0n) is 59.7. The molecule has 0 bridgehead atoms. The van der Waals surface area contributed by atoms with Gasteiger partial charge in [-0.25, -0.2) is 0 Å². The molecule has 9 aliphatic rings. The van der Waals surface area contributed by atoms with Gasteiger partial charge in [0.05, 0.1) is 18.0 Å². The number of para-hydroxylation sites is 1. The third kappa shape index (κ3) is 22.1. The van der Waals surface area contributed by atoms with Crippen LogP contribution in [0.15, 0.2) is 258 Å². The minimum atomic E-state index is -0.369. The highest BCUT2D eigenvalue weighted by atomic mass is 16.3. The number of fused-ring (bicyclic) bond motifs is 6. The Kier molecular flexibility index (Phi) is 29.8. The molecule has 7 aromatic rings. The highest BCUT2D eigenvalue weighted by Crippen LogP contribution is 2.36. The molecule has 0 aromatic heterocycles. The molecule has 6 N–H and O–H groups in total. The number of aliphatic hydroxyl groups is 5. The van der Waals surface area contributed by atoms with E-state index in [2.05, 4.69) is 25.1 Å². The molecule has 0 spiro atoms. The van der Waals surface area contributed by atoms with Crippen molar-refractivity contribution in [1.82, 2.24) is 0 Å². The quantitative estimate of drug-likeness (QED) is 0.0797. The molecule has 10 heteroatoms. The lowest BCUT2D eigenvalue weighted by Gasteiger charge is -2.19. The standard InChI is InChI=1S/C11H12O.C11H10O.C10H12O.2C10H10O.C10H8O.3C7H10O.C7H8O/c2*1-8-6-7-9-4-2-3-5-10(9)11(8)12;4*1-7-6-8-4-2-3-5-9(8)10(7)11;4*1-6-4-2-3-5-7(6)8/h2-5,8H,6-7H2,1H3;2-8H,1H3;2-5,7,10-11H,6H2,1H3;2-5,7H,6H2,1H3;2-6,10-11H,1H3;2-6H,1H3;3,5,8H,2,4H2,1H3;3-5,7-8H,2H2,1H3;2-3,8H,4-5H2,1H3;2-5,8H,1H3. The molecule has 0 fully saturated rings. The molecule has 7 aromatic carbocycles. The summed E-state index contributed by atoms with van der Waals surface area (Å²) in [6.45, 7) is 19.5. The normalized spacial score (nSPS) is 20.7. The van der Waals surface area contributed by atoms with Gasteiger partial charge in [-0.2, -0.15) is 0 Å². The number of aromatic hydroxyl groups is 1. The summed E-state index contributed by atoms with van der Waals surface area (Å²) in [5.41, 5.74) is 18.8. The maximum Gasteiger partial charge on any atom is 0.189 e. The molecule has 16 rings (SSSR count). The topological polar surface area (TPSA) is 190 Å². The van der Waals surface area contributed by atoms with Crippen LogP contribution in [-0.4, -0.2) is 59.9 Å². The molecule has 10 nitrogen and oxygen atoms in total. The fourth-order valence-corrected chi connectivity index (χ4v) is 12.2. The Morgan fingerprint density at radius 2 is 1.00 bits per heavy atom. The van der Waals surface area contributed by atoms with Gasteiger partial charge >= 0.3 is 0 Å². The lowest BCUT2D eigenvalue weighted by Crippen LogP contribution is -2.19. The van der Waals surface area contributed by atoms with Crippen molar-refractivity contribution in [1.29, 1.82) is 0 Å². The first-order valence-electron chi connectivity index (χ1n) is 34.9. The number of aliphatic hydroxyl groups excluding tert-OH is 5. The average molecular weight is 1340 g/mol. The second kappa shape index (κ2) is 38.5. The summed E-state index contributed by atoms with van der Waals surface area (Å²) >= 11 is 0. The number of ketones is 4. The van der Waals surface area contributed by atoms with E-state index in [1.54, 1.807) is 12.1 Å². The van der Waals surface area contributed by atoms with Crippen LogP contribution in [0, 0.1) is 30.6 Å². The summed E-state index contributed by atoms with van der Waals surface area (Å²) in [7, 11) is 0. The van der Waals surface area contributed by atoms with Crippen LogP contribution in [0.2, 0.25) is 0 Å². The van der Waals surface area contributed by atoms with E-state index in [1.165, 1.54) is 16.7 Å². The molecular weight excluding hydrogens is 1240 g/mol. The molecule has 0 saturated heterocycles. The van der Waals surface area contributed by atoms with Crippen LogP contribution < -0.4 is 0 Å². The number of carbonyl (C=O) groups is 4. The zero-order valence-corrected chi connectivity index (χ0v) is 59.7. The number of hydrogen-bond donors (Lipinski definition) is 6. The molecule has 0 amide bonds. The van der Waals surface area contributed by atoms with Crippen molar-refractivity contribution >= 4 is 41.4 Å². The summed E-state index contributed by atoms with van der Waals surface area (Å²) < 4.78 is 0. The van der Waals surface area contributed by atoms with Crippen molar-refractivity contribution in [2.45, 2.75) is 145 Å². The van der Waals surface area contributed by atoms with Crippen LogP contribution in [0.25, 0.3) is 18.2 Å². The van der Waals surface area contributed by atoms with E-state index in [4.69, 9.17) is 20.4 Å². The highest BCUT2D eigenvalue weighted by Gasteiger charge is 2.28. The molecule has 0 heterocycles. The van der Waals surface area contributed by atoms with E-state index in [0.29, 0.717) is 34.8 Å². The maximum atomic E-state index is 11.6. The Hall–Kier alpha value is -9.84. The lowest BCUT2D eigenvalue weighted by molar-refractivity contribution is 0.0911. The number of carbonyl (C=O) groups excluding carboxylic acids is 4. The largest absolute Gasteiger partial charge is 0.512 e. The summed E-state index contributed by atoms with van der Waals surface area (Å²) in [4.78, 5) is 45.9.